The SMILES string of the molecule is CCCCCCC(CC=CCCCCCCCC(=O)[O-])OS(=O)(=O)[O-].[Na+].[Na+]. The van der Waals surface area contributed by atoms with Crippen molar-refractivity contribution in [3.8, 4) is 0 Å². The van der Waals surface area contributed by atoms with E-state index in [9.17, 15) is 22.9 Å². The number of carboxylic acid groups (broad SMARTS) is 1. The van der Waals surface area contributed by atoms with E-state index in [1.54, 1.807) is 0 Å². The molecule has 0 saturated heterocycles. The second-order valence-electron chi connectivity index (χ2n) is 6.36. The van der Waals surface area contributed by atoms with Crippen molar-refractivity contribution in [1.82, 2.24) is 0 Å². The van der Waals surface area contributed by atoms with Gasteiger partial charge in [0.25, 0.3) is 0 Å². The molecule has 0 fully saturated rings. The minimum absolute atomic E-state index is 0. The Morgan fingerprint density at radius 2 is 1.56 bits per heavy atom. The first-order valence-corrected chi connectivity index (χ1v) is 10.7. The van der Waals surface area contributed by atoms with E-state index >= 15 is 0 Å². The molecule has 27 heavy (non-hydrogen) atoms. The van der Waals surface area contributed by atoms with E-state index in [0.717, 1.165) is 57.8 Å². The molecule has 148 valence electrons. The molecule has 0 aromatic rings. The molecule has 9 heteroatoms. The summed E-state index contributed by atoms with van der Waals surface area (Å²) in [5, 5.41) is 10.3. The second kappa shape index (κ2) is 21.8. The zero-order valence-electron chi connectivity index (χ0n) is 17.3. The van der Waals surface area contributed by atoms with E-state index in [-0.39, 0.29) is 65.5 Å². The van der Waals surface area contributed by atoms with Crippen molar-refractivity contribution in [2.75, 3.05) is 0 Å². The van der Waals surface area contributed by atoms with Crippen molar-refractivity contribution >= 4 is 16.4 Å². The maximum atomic E-state index is 10.8. The van der Waals surface area contributed by atoms with Gasteiger partial charge in [-0.3, -0.25) is 4.18 Å². The minimum atomic E-state index is -4.66. The fourth-order valence-electron chi connectivity index (χ4n) is 2.60. The van der Waals surface area contributed by atoms with E-state index in [4.69, 9.17) is 0 Å². The van der Waals surface area contributed by atoms with E-state index in [1.165, 1.54) is 0 Å². The normalized spacial score (nSPS) is 12.4. The van der Waals surface area contributed by atoms with Crippen molar-refractivity contribution in [2.45, 2.75) is 96.5 Å². The smallest absolute Gasteiger partial charge is 0.726 e. The Balaban J connectivity index is -0.00000288. The predicted octanol–water partition coefficient (Wildman–Crippen LogP) is -2.76. The van der Waals surface area contributed by atoms with Crippen LogP contribution >= 0.6 is 0 Å². The van der Waals surface area contributed by atoms with Crippen LogP contribution in [-0.4, -0.2) is 25.0 Å². The maximum Gasteiger partial charge on any atom is 1.00 e. The van der Waals surface area contributed by atoms with Gasteiger partial charge >= 0.3 is 59.1 Å². The molecule has 0 N–H and O–H groups in total. The molecule has 0 aliphatic rings. The van der Waals surface area contributed by atoms with Gasteiger partial charge in [-0.25, -0.2) is 8.42 Å². The van der Waals surface area contributed by atoms with E-state index in [2.05, 4.69) is 11.1 Å². The molecular weight excluding hydrogens is 390 g/mol. The molecule has 0 aromatic carbocycles. The summed E-state index contributed by atoms with van der Waals surface area (Å²) >= 11 is 0. The molecule has 0 aliphatic heterocycles. The molecule has 0 saturated carbocycles. The summed E-state index contributed by atoms with van der Waals surface area (Å²) < 4.78 is 37.0. The standard InChI is InChI=1S/C18H34O6S.2Na/c1-2-3-4-11-14-17(24-25(21,22)23)15-12-9-7-5-6-8-10-13-16-18(19)20;;/h9,12,17H,2-8,10-11,13-16H2,1H3,(H,19,20)(H,21,22,23);;/q;2*+1/p-2. The summed E-state index contributed by atoms with van der Waals surface area (Å²) in [6.45, 7) is 2.10. The topological polar surface area (TPSA) is 107 Å². The maximum absolute atomic E-state index is 10.8. The number of carbonyl (C=O) groups excluding carboxylic acids is 1. The van der Waals surface area contributed by atoms with Crippen LogP contribution in [0, 0.1) is 0 Å². The molecule has 0 amide bonds. The van der Waals surface area contributed by atoms with Gasteiger partial charge in [-0.2, -0.15) is 0 Å². The average molecular weight is 422 g/mol. The van der Waals surface area contributed by atoms with Crippen LogP contribution in [0.2, 0.25) is 0 Å². The van der Waals surface area contributed by atoms with Crippen LogP contribution in [0.1, 0.15) is 90.4 Å². The van der Waals surface area contributed by atoms with Gasteiger partial charge in [0.05, 0.1) is 6.10 Å². The van der Waals surface area contributed by atoms with Crippen LogP contribution in [0.5, 0.6) is 0 Å². The van der Waals surface area contributed by atoms with Gasteiger partial charge in [0.1, 0.15) is 0 Å². The van der Waals surface area contributed by atoms with Gasteiger partial charge in [-0.1, -0.05) is 64.0 Å². The Hall–Kier alpha value is 1.08. The van der Waals surface area contributed by atoms with Crippen molar-refractivity contribution < 1.29 is 86.2 Å². The summed E-state index contributed by atoms with van der Waals surface area (Å²) in [6, 6.07) is 0. The molecule has 0 spiro atoms. The van der Waals surface area contributed by atoms with Crippen LogP contribution in [0.4, 0.5) is 0 Å². The van der Waals surface area contributed by atoms with Gasteiger partial charge < -0.3 is 14.5 Å². The van der Waals surface area contributed by atoms with E-state index in [1.807, 2.05) is 12.2 Å². The Bertz CT molecular complexity index is 468. The van der Waals surface area contributed by atoms with Crippen LogP contribution in [0.15, 0.2) is 12.2 Å². The quantitative estimate of drug-likeness (QED) is 0.0826. The van der Waals surface area contributed by atoms with Gasteiger partial charge in [0, 0.05) is 5.97 Å². The molecule has 0 bridgehead atoms. The third-order valence-electron chi connectivity index (χ3n) is 3.95. The number of hydrogen-bond acceptors (Lipinski definition) is 6. The molecule has 0 aliphatic carbocycles. The summed E-state index contributed by atoms with van der Waals surface area (Å²) in [5.41, 5.74) is 0. The fraction of sp³-hybridized carbons (Fsp3) is 0.833. The van der Waals surface area contributed by atoms with Gasteiger partial charge in [-0.05, 0) is 38.5 Å². The first-order valence-electron chi connectivity index (χ1n) is 9.34. The van der Waals surface area contributed by atoms with Crippen molar-refractivity contribution in [3.63, 3.8) is 0 Å². The summed E-state index contributed by atoms with van der Waals surface area (Å²) in [6.07, 6.45) is 14.0. The second-order valence-corrected chi connectivity index (χ2v) is 7.37. The number of hydrogen-bond donors (Lipinski definition) is 0. The molecule has 0 radical (unpaired) electrons. The predicted molar refractivity (Wildman–Crippen MR) is 94.4 cm³/mol. The molecule has 0 aromatic heterocycles. The van der Waals surface area contributed by atoms with Crippen molar-refractivity contribution in [3.05, 3.63) is 12.2 Å². The zero-order chi connectivity index (χ0) is 19.0. The Kier molecular flexibility index (Phi) is 26.4. The monoisotopic (exact) mass is 422 g/mol. The van der Waals surface area contributed by atoms with Gasteiger partial charge in [-0.15, -0.1) is 0 Å². The molecule has 6 nitrogen and oxygen atoms in total. The van der Waals surface area contributed by atoms with E-state index < -0.39 is 22.5 Å². The molecular formula is C18H32Na2O6S. The minimum Gasteiger partial charge on any atom is -0.726 e. The summed E-state index contributed by atoms with van der Waals surface area (Å²) in [7, 11) is -4.66. The third-order valence-corrected chi connectivity index (χ3v) is 4.46. The molecule has 1 atom stereocenters. The zero-order valence-corrected chi connectivity index (χ0v) is 22.1. The average Bonchev–Trinajstić information content (AvgIpc) is 2.51. The Morgan fingerprint density at radius 1 is 0.963 bits per heavy atom. The fourth-order valence-corrected chi connectivity index (χ4v) is 3.11. The Labute approximate surface area is 209 Å². The van der Waals surface area contributed by atoms with Crippen LogP contribution in [0.25, 0.3) is 0 Å². The van der Waals surface area contributed by atoms with Gasteiger partial charge in [0.2, 0.25) is 10.4 Å². The van der Waals surface area contributed by atoms with Crippen LogP contribution in [-0.2, 0) is 19.4 Å². The van der Waals surface area contributed by atoms with Crippen LogP contribution in [0.3, 0.4) is 0 Å². The first kappa shape index (κ1) is 32.7. The van der Waals surface area contributed by atoms with Crippen molar-refractivity contribution in [2.24, 2.45) is 0 Å². The largest absolute Gasteiger partial charge is 1.00 e. The number of rotatable bonds is 17. The number of carbonyl (C=O) groups is 1. The number of allylic oxidation sites excluding steroid dienone is 1. The summed E-state index contributed by atoms with van der Waals surface area (Å²) in [5.74, 6) is -0.991. The first-order chi connectivity index (χ1) is 11.8. The number of unbranched alkanes of at least 4 members (excludes halogenated alkanes) is 8. The third kappa shape index (κ3) is 27.1. The number of aliphatic carboxylic acids is 1. The summed E-state index contributed by atoms with van der Waals surface area (Å²) in [4.78, 5) is 10.3. The molecule has 0 rings (SSSR count). The molecule has 0 heterocycles. The van der Waals surface area contributed by atoms with Crippen molar-refractivity contribution in [1.29, 1.82) is 0 Å². The Morgan fingerprint density at radius 3 is 2.15 bits per heavy atom. The molecule has 1 unspecified atom stereocenters. The van der Waals surface area contributed by atoms with Gasteiger partial charge in [0.15, 0.2) is 0 Å². The van der Waals surface area contributed by atoms with Crippen LogP contribution < -0.4 is 64.2 Å². The van der Waals surface area contributed by atoms with E-state index in [0.29, 0.717) is 19.3 Å². The number of carboxylic acids is 1.